The van der Waals surface area contributed by atoms with Crippen LogP contribution in [0.5, 0.6) is 5.75 Å². The minimum absolute atomic E-state index is 0.121. The average Bonchev–Trinajstić information content (AvgIpc) is 2.78. The van der Waals surface area contributed by atoms with Crippen molar-refractivity contribution in [1.29, 1.82) is 0 Å². The average molecular weight is 503 g/mol. The zero-order valence-corrected chi connectivity index (χ0v) is 20.2. The van der Waals surface area contributed by atoms with Gasteiger partial charge >= 0.3 is 6.09 Å². The van der Waals surface area contributed by atoms with Gasteiger partial charge in [0.25, 0.3) is 5.91 Å². The van der Waals surface area contributed by atoms with Crippen LogP contribution in [0.1, 0.15) is 47.1 Å². The molecule has 3 atom stereocenters. The summed E-state index contributed by atoms with van der Waals surface area (Å²) in [5, 5.41) is 10.5. The summed E-state index contributed by atoms with van der Waals surface area (Å²) >= 11 is 2.22. The third-order valence-electron chi connectivity index (χ3n) is 5.75. The number of carboxylic acid groups (broad SMARTS) is 1. The Morgan fingerprint density at radius 2 is 1.82 bits per heavy atom. The first kappa shape index (κ1) is 22.9. The van der Waals surface area contributed by atoms with E-state index >= 15 is 0 Å². The first-order valence-corrected chi connectivity index (χ1v) is 10.5. The van der Waals surface area contributed by atoms with Gasteiger partial charge in [-0.15, -0.1) is 0 Å². The molecule has 1 aromatic rings. The van der Waals surface area contributed by atoms with Crippen molar-refractivity contribution in [2.45, 2.75) is 65.7 Å². The topological polar surface area (TPSA) is 66.8 Å². The third-order valence-corrected chi connectivity index (χ3v) is 6.76. The zero-order valence-electron chi connectivity index (χ0n) is 18.0. The molecule has 1 aliphatic heterocycles. The second-order valence-corrected chi connectivity index (χ2v) is 10.8. The lowest BCUT2D eigenvalue weighted by Gasteiger charge is -2.51. The Hall–Kier alpha value is -1.35. The summed E-state index contributed by atoms with van der Waals surface area (Å²) < 4.78 is 5.93. The fourth-order valence-electron chi connectivity index (χ4n) is 4.78. The Balaban J connectivity index is 2.69. The summed E-state index contributed by atoms with van der Waals surface area (Å²) in [6.07, 6.45) is -1.07. The van der Waals surface area contributed by atoms with E-state index in [1.54, 1.807) is 19.1 Å². The minimum atomic E-state index is -0.960. The standard InChI is InChI=1S/C21H31IN2O4/c1-20(2,3)18-23(7)17(25)16(24(18,19(26)27)21(4,5)6)11-13-9-10-14(28-8)12-15(13)22/h9-10,12,16,18H,11H2,1-8H3/p+1. The highest BCUT2D eigenvalue weighted by Gasteiger charge is 2.70. The zero-order chi connectivity index (χ0) is 21.7. The highest BCUT2D eigenvalue weighted by molar-refractivity contribution is 14.1. The van der Waals surface area contributed by atoms with Gasteiger partial charge in [0.2, 0.25) is 0 Å². The van der Waals surface area contributed by atoms with E-state index in [-0.39, 0.29) is 10.4 Å². The third kappa shape index (κ3) is 3.51. The van der Waals surface area contributed by atoms with E-state index in [2.05, 4.69) is 22.6 Å². The molecule has 1 aromatic carbocycles. The number of rotatable bonds is 3. The maximum absolute atomic E-state index is 13.4. The second kappa shape index (κ2) is 7.48. The summed E-state index contributed by atoms with van der Waals surface area (Å²) in [6.45, 7) is 11.8. The number of ether oxygens (including phenoxy) is 1. The normalized spacial score (nSPS) is 25.9. The Morgan fingerprint density at radius 3 is 2.21 bits per heavy atom. The molecule has 0 saturated carbocycles. The van der Waals surface area contributed by atoms with Gasteiger partial charge in [-0.25, -0.2) is 0 Å². The lowest BCUT2D eigenvalue weighted by Crippen LogP contribution is -2.73. The molecule has 0 aromatic heterocycles. The van der Waals surface area contributed by atoms with Crippen LogP contribution in [0.4, 0.5) is 4.79 Å². The first-order chi connectivity index (χ1) is 12.7. The van der Waals surface area contributed by atoms with Gasteiger partial charge in [0.1, 0.15) is 11.3 Å². The fraction of sp³-hybridized carbons (Fsp3) is 0.619. The molecule has 1 saturated heterocycles. The van der Waals surface area contributed by atoms with Gasteiger partial charge in [-0.3, -0.25) is 9.69 Å². The van der Waals surface area contributed by atoms with E-state index in [0.29, 0.717) is 6.42 Å². The molecule has 2 rings (SSSR count). The van der Waals surface area contributed by atoms with Crippen LogP contribution in [0.2, 0.25) is 0 Å². The lowest BCUT2D eigenvalue weighted by molar-refractivity contribution is -0.944. The number of likely N-dealkylation sites (N-methyl/N-ethyl adjacent to an activating group) is 1. The number of methoxy groups -OCH3 is 1. The van der Waals surface area contributed by atoms with Crippen molar-refractivity contribution < 1.29 is 23.9 Å². The van der Waals surface area contributed by atoms with Gasteiger partial charge < -0.3 is 9.84 Å². The lowest BCUT2D eigenvalue weighted by atomic mass is 9.85. The number of carbonyl (C=O) groups excluding carboxylic acids is 1. The molecular formula is C21H32IN2O4+. The van der Waals surface area contributed by atoms with Crippen LogP contribution in [0, 0.1) is 8.99 Å². The van der Waals surface area contributed by atoms with E-state index in [0.717, 1.165) is 14.9 Å². The maximum Gasteiger partial charge on any atom is 0.516 e. The first-order valence-electron chi connectivity index (χ1n) is 9.40. The fourth-order valence-corrected chi connectivity index (χ4v) is 5.49. The molecule has 0 aliphatic carbocycles. The van der Waals surface area contributed by atoms with Crippen molar-refractivity contribution >= 4 is 34.6 Å². The van der Waals surface area contributed by atoms with Crippen molar-refractivity contribution in [3.8, 4) is 5.75 Å². The van der Waals surface area contributed by atoms with E-state index in [1.807, 2.05) is 59.7 Å². The van der Waals surface area contributed by atoms with Crippen LogP contribution in [0.3, 0.4) is 0 Å². The van der Waals surface area contributed by atoms with E-state index in [1.165, 1.54) is 0 Å². The molecule has 1 heterocycles. The molecule has 1 N–H and O–H groups in total. The molecule has 6 nitrogen and oxygen atoms in total. The predicted octanol–water partition coefficient (Wildman–Crippen LogP) is 4.35. The molecule has 0 bridgehead atoms. The highest BCUT2D eigenvalue weighted by atomic mass is 127. The highest BCUT2D eigenvalue weighted by Crippen LogP contribution is 2.47. The molecule has 156 valence electrons. The molecule has 3 unspecified atom stereocenters. The van der Waals surface area contributed by atoms with Gasteiger partial charge in [0, 0.05) is 22.5 Å². The van der Waals surface area contributed by atoms with Gasteiger partial charge in [0.15, 0.2) is 12.2 Å². The summed E-state index contributed by atoms with van der Waals surface area (Å²) in [6, 6.07) is 4.99. The SMILES string of the molecule is COc1ccc(CC2C(=O)N(C)C(C(C)(C)C)[N+]2(C(=O)O)C(C)(C)C)c(I)c1. The van der Waals surface area contributed by atoms with Crippen LogP contribution in [0.25, 0.3) is 0 Å². The van der Waals surface area contributed by atoms with Crippen LogP contribution < -0.4 is 4.74 Å². The Bertz CT molecular complexity index is 782. The molecule has 0 radical (unpaired) electrons. The Kier molecular flexibility index (Phi) is 6.13. The molecule has 1 fully saturated rings. The monoisotopic (exact) mass is 503 g/mol. The number of halogens is 1. The van der Waals surface area contributed by atoms with Crippen molar-refractivity contribution in [2.75, 3.05) is 14.2 Å². The predicted molar refractivity (Wildman–Crippen MR) is 117 cm³/mol. The number of benzene rings is 1. The Labute approximate surface area is 181 Å². The van der Waals surface area contributed by atoms with E-state index in [4.69, 9.17) is 4.74 Å². The number of hydrogen-bond donors (Lipinski definition) is 1. The van der Waals surface area contributed by atoms with E-state index < -0.39 is 29.3 Å². The summed E-state index contributed by atoms with van der Waals surface area (Å²) in [4.78, 5) is 27.9. The number of quaternary nitrogens is 1. The molecule has 28 heavy (non-hydrogen) atoms. The van der Waals surface area contributed by atoms with Gasteiger partial charge in [-0.1, -0.05) is 26.8 Å². The van der Waals surface area contributed by atoms with Crippen LogP contribution >= 0.6 is 22.6 Å². The van der Waals surface area contributed by atoms with Crippen LogP contribution in [-0.2, 0) is 11.2 Å². The van der Waals surface area contributed by atoms with Crippen LogP contribution in [0.15, 0.2) is 18.2 Å². The largest absolute Gasteiger partial charge is 0.516 e. The van der Waals surface area contributed by atoms with Crippen molar-refractivity contribution in [3.63, 3.8) is 0 Å². The molecule has 1 aliphatic rings. The number of amides is 2. The van der Waals surface area contributed by atoms with Crippen molar-refractivity contribution in [1.82, 2.24) is 4.90 Å². The van der Waals surface area contributed by atoms with Crippen molar-refractivity contribution in [3.05, 3.63) is 27.3 Å². The minimum Gasteiger partial charge on any atom is -0.497 e. The number of nitrogens with zero attached hydrogens (tertiary/aromatic N) is 2. The Morgan fingerprint density at radius 1 is 1.25 bits per heavy atom. The van der Waals surface area contributed by atoms with E-state index in [9.17, 15) is 14.7 Å². The second-order valence-electron chi connectivity index (χ2n) is 9.60. The quantitative estimate of drug-likeness (QED) is 0.492. The summed E-state index contributed by atoms with van der Waals surface area (Å²) in [5.74, 6) is 0.620. The molecule has 7 heteroatoms. The molecule has 2 amide bonds. The van der Waals surface area contributed by atoms with Gasteiger partial charge in [0.05, 0.1) is 7.11 Å². The van der Waals surface area contributed by atoms with Crippen LogP contribution in [-0.4, -0.2) is 58.4 Å². The van der Waals surface area contributed by atoms with Crippen molar-refractivity contribution in [2.24, 2.45) is 5.41 Å². The van der Waals surface area contributed by atoms with Gasteiger partial charge in [-0.2, -0.15) is 9.28 Å². The summed E-state index contributed by atoms with van der Waals surface area (Å²) in [7, 11) is 3.35. The smallest absolute Gasteiger partial charge is 0.497 e. The maximum atomic E-state index is 13.4. The summed E-state index contributed by atoms with van der Waals surface area (Å²) in [5.41, 5.74) is -0.124. The number of hydrogen-bond acceptors (Lipinski definition) is 3. The number of carbonyl (C=O) groups is 2. The van der Waals surface area contributed by atoms with Gasteiger partial charge in [-0.05, 0) is 61.1 Å². The molecular weight excluding hydrogens is 471 g/mol. The molecule has 0 spiro atoms.